The van der Waals surface area contributed by atoms with Gasteiger partial charge in [0.25, 0.3) is 0 Å². The summed E-state index contributed by atoms with van der Waals surface area (Å²) in [7, 11) is 1.77. The molecule has 1 N–H and O–H groups in total. The highest BCUT2D eigenvalue weighted by atomic mass is 16.5. The minimum atomic E-state index is 0.814. The van der Waals surface area contributed by atoms with Crippen LogP contribution in [-0.2, 0) is 4.74 Å². The molecule has 0 aromatic rings. The first-order chi connectivity index (χ1) is 9.20. The maximum Gasteiger partial charge on any atom is 0.0587 e. The maximum atomic E-state index is 5.08. The van der Waals surface area contributed by atoms with Crippen molar-refractivity contribution in [2.45, 2.75) is 72.1 Å². The molecule has 0 aliphatic heterocycles. The Bertz CT molecular complexity index is 171. The predicted octanol–water partition coefficient (Wildman–Crippen LogP) is 4.64. The third-order valence-corrected chi connectivity index (χ3v) is 3.69. The van der Waals surface area contributed by atoms with Crippen LogP contribution >= 0.6 is 0 Å². The summed E-state index contributed by atoms with van der Waals surface area (Å²) in [6.07, 6.45) is 11.2. The first-order valence-electron chi connectivity index (χ1n) is 8.40. The lowest BCUT2D eigenvalue weighted by Crippen LogP contribution is -2.27. The number of unbranched alkanes of at least 4 members (excludes halogenated alkanes) is 5. The molecule has 0 radical (unpaired) electrons. The Morgan fingerprint density at radius 2 is 1.68 bits per heavy atom. The normalized spacial score (nSPS) is 13.1. The smallest absolute Gasteiger partial charge is 0.0587 e. The monoisotopic (exact) mass is 271 g/mol. The second-order valence-corrected chi connectivity index (χ2v) is 6.25. The average Bonchev–Trinajstić information content (AvgIpc) is 2.37. The van der Waals surface area contributed by atoms with Crippen LogP contribution in [0.3, 0.4) is 0 Å². The molecule has 0 spiro atoms. The van der Waals surface area contributed by atoms with Gasteiger partial charge in [0, 0.05) is 13.7 Å². The van der Waals surface area contributed by atoms with Crippen molar-refractivity contribution in [3.05, 3.63) is 0 Å². The fourth-order valence-electron chi connectivity index (χ4n) is 2.66. The number of rotatable bonds is 14. The van der Waals surface area contributed by atoms with E-state index in [0.717, 1.165) is 31.5 Å². The zero-order valence-corrected chi connectivity index (χ0v) is 13.8. The highest BCUT2D eigenvalue weighted by Crippen LogP contribution is 2.18. The Morgan fingerprint density at radius 3 is 2.32 bits per heavy atom. The van der Waals surface area contributed by atoms with Crippen LogP contribution in [0.1, 0.15) is 72.1 Å². The highest BCUT2D eigenvalue weighted by molar-refractivity contribution is 4.65. The lowest BCUT2D eigenvalue weighted by atomic mass is 9.91. The number of hydrogen-bond donors (Lipinski definition) is 1. The maximum absolute atomic E-state index is 5.08. The van der Waals surface area contributed by atoms with Gasteiger partial charge >= 0.3 is 0 Å². The van der Waals surface area contributed by atoms with Crippen LogP contribution in [-0.4, -0.2) is 26.8 Å². The third kappa shape index (κ3) is 14.1. The summed E-state index contributed by atoms with van der Waals surface area (Å²) in [4.78, 5) is 0. The van der Waals surface area contributed by atoms with Gasteiger partial charge in [0.05, 0.1) is 6.61 Å². The average molecular weight is 271 g/mol. The zero-order chi connectivity index (χ0) is 14.3. The van der Waals surface area contributed by atoms with E-state index in [-0.39, 0.29) is 0 Å². The quantitative estimate of drug-likeness (QED) is 0.465. The molecule has 0 amide bonds. The summed E-state index contributed by atoms with van der Waals surface area (Å²) in [5, 5.41) is 3.53. The summed E-state index contributed by atoms with van der Waals surface area (Å²) in [6.45, 7) is 9.93. The number of hydrogen-bond acceptors (Lipinski definition) is 2. The first-order valence-corrected chi connectivity index (χ1v) is 8.40. The summed E-state index contributed by atoms with van der Waals surface area (Å²) in [6, 6.07) is 0. The molecule has 0 fully saturated rings. The van der Waals surface area contributed by atoms with E-state index in [1.165, 1.54) is 51.4 Å². The lowest BCUT2D eigenvalue weighted by molar-refractivity contribution is 0.196. The number of nitrogens with one attached hydrogen (secondary N) is 1. The van der Waals surface area contributed by atoms with Gasteiger partial charge in [-0.25, -0.2) is 0 Å². The largest absolute Gasteiger partial charge is 0.383 e. The van der Waals surface area contributed by atoms with Crippen molar-refractivity contribution < 1.29 is 4.74 Å². The molecular formula is C17H37NO. The number of ether oxygens (including phenoxy) is 1. The molecule has 2 nitrogen and oxygen atoms in total. The topological polar surface area (TPSA) is 21.3 Å². The Hall–Kier alpha value is -0.0800. The molecule has 0 heterocycles. The van der Waals surface area contributed by atoms with Crippen molar-refractivity contribution in [1.82, 2.24) is 5.32 Å². The highest BCUT2D eigenvalue weighted by Gasteiger charge is 2.10. The Labute approximate surface area is 121 Å². The summed E-state index contributed by atoms with van der Waals surface area (Å²) in [5.41, 5.74) is 0. The molecule has 0 rings (SSSR count). The van der Waals surface area contributed by atoms with E-state index in [1.807, 2.05) is 0 Å². The van der Waals surface area contributed by atoms with Gasteiger partial charge in [0.15, 0.2) is 0 Å². The lowest BCUT2D eigenvalue weighted by Gasteiger charge is -2.19. The molecule has 0 bridgehead atoms. The van der Waals surface area contributed by atoms with E-state index < -0.39 is 0 Å². The van der Waals surface area contributed by atoms with Crippen molar-refractivity contribution in [1.29, 1.82) is 0 Å². The molecule has 0 aromatic heterocycles. The van der Waals surface area contributed by atoms with Gasteiger partial charge in [0.2, 0.25) is 0 Å². The first kappa shape index (κ1) is 18.9. The van der Waals surface area contributed by atoms with E-state index in [1.54, 1.807) is 7.11 Å². The van der Waals surface area contributed by atoms with Gasteiger partial charge in [-0.15, -0.1) is 0 Å². The van der Waals surface area contributed by atoms with Crippen LogP contribution in [0.5, 0.6) is 0 Å². The molecular weight excluding hydrogens is 234 g/mol. The second kappa shape index (κ2) is 14.3. The molecule has 0 aromatic carbocycles. The molecule has 19 heavy (non-hydrogen) atoms. The molecule has 0 aliphatic rings. The van der Waals surface area contributed by atoms with E-state index in [2.05, 4.69) is 26.1 Å². The third-order valence-electron chi connectivity index (χ3n) is 3.69. The minimum Gasteiger partial charge on any atom is -0.383 e. The van der Waals surface area contributed by atoms with E-state index in [9.17, 15) is 0 Å². The SMILES string of the molecule is CCCCCCCCC(CNCCOC)CC(C)C. The molecule has 116 valence electrons. The molecule has 0 saturated carbocycles. The molecule has 0 aliphatic carbocycles. The van der Waals surface area contributed by atoms with E-state index >= 15 is 0 Å². The van der Waals surface area contributed by atoms with Crippen molar-refractivity contribution in [2.75, 3.05) is 26.8 Å². The van der Waals surface area contributed by atoms with Crippen LogP contribution in [0.2, 0.25) is 0 Å². The standard InChI is InChI=1S/C17H37NO/c1-5-6-7-8-9-10-11-17(14-16(2)3)15-18-12-13-19-4/h16-18H,5-15H2,1-4H3. The molecule has 1 atom stereocenters. The van der Waals surface area contributed by atoms with Crippen molar-refractivity contribution in [3.63, 3.8) is 0 Å². The van der Waals surface area contributed by atoms with Gasteiger partial charge in [-0.3, -0.25) is 0 Å². The molecule has 1 unspecified atom stereocenters. The van der Waals surface area contributed by atoms with Crippen LogP contribution in [0.4, 0.5) is 0 Å². The Kier molecular flexibility index (Phi) is 14.3. The van der Waals surface area contributed by atoms with Gasteiger partial charge in [0.1, 0.15) is 0 Å². The van der Waals surface area contributed by atoms with Gasteiger partial charge in [-0.1, -0.05) is 59.3 Å². The van der Waals surface area contributed by atoms with Gasteiger partial charge < -0.3 is 10.1 Å². The van der Waals surface area contributed by atoms with Crippen molar-refractivity contribution >= 4 is 0 Å². The van der Waals surface area contributed by atoms with Gasteiger partial charge in [-0.2, -0.15) is 0 Å². The van der Waals surface area contributed by atoms with Crippen LogP contribution < -0.4 is 5.32 Å². The van der Waals surface area contributed by atoms with E-state index in [0.29, 0.717) is 0 Å². The van der Waals surface area contributed by atoms with Crippen molar-refractivity contribution in [2.24, 2.45) is 11.8 Å². The van der Waals surface area contributed by atoms with Crippen molar-refractivity contribution in [3.8, 4) is 0 Å². The summed E-state index contributed by atoms with van der Waals surface area (Å²) >= 11 is 0. The van der Waals surface area contributed by atoms with Crippen LogP contribution in [0.25, 0.3) is 0 Å². The minimum absolute atomic E-state index is 0.814. The Balaban J connectivity index is 3.61. The molecule has 0 saturated heterocycles. The van der Waals surface area contributed by atoms with Crippen LogP contribution in [0, 0.1) is 11.8 Å². The fourth-order valence-corrected chi connectivity index (χ4v) is 2.66. The summed E-state index contributed by atoms with van der Waals surface area (Å²) in [5.74, 6) is 1.66. The zero-order valence-electron chi connectivity index (χ0n) is 13.8. The predicted molar refractivity (Wildman–Crippen MR) is 85.7 cm³/mol. The fraction of sp³-hybridized carbons (Fsp3) is 1.00. The summed E-state index contributed by atoms with van der Waals surface area (Å²) < 4.78 is 5.08. The second-order valence-electron chi connectivity index (χ2n) is 6.25. The number of methoxy groups -OCH3 is 1. The van der Waals surface area contributed by atoms with Crippen LogP contribution in [0.15, 0.2) is 0 Å². The molecule has 2 heteroatoms. The Morgan fingerprint density at radius 1 is 1.00 bits per heavy atom. The van der Waals surface area contributed by atoms with E-state index in [4.69, 9.17) is 4.74 Å². The van der Waals surface area contributed by atoms with Gasteiger partial charge in [-0.05, 0) is 31.2 Å².